The first kappa shape index (κ1) is 14.6. The van der Waals surface area contributed by atoms with Crippen molar-refractivity contribution in [3.05, 3.63) is 45.8 Å². The van der Waals surface area contributed by atoms with Gasteiger partial charge in [-0.1, -0.05) is 0 Å². The number of pyridine rings is 1. The zero-order valence-electron chi connectivity index (χ0n) is 11.4. The molecule has 0 amide bonds. The lowest BCUT2D eigenvalue weighted by molar-refractivity contribution is 0.399. The first-order valence-corrected chi connectivity index (χ1v) is 8.08. The minimum absolute atomic E-state index is 0.519. The largest absolute Gasteiger partial charge is 0.481 e. The molecule has 3 aromatic rings. The number of methoxy groups -OCH3 is 1. The predicted octanol–water partition coefficient (Wildman–Crippen LogP) is 3.82. The third kappa shape index (κ3) is 2.85. The second-order valence-corrected chi connectivity index (χ2v) is 6.10. The Kier molecular flexibility index (Phi) is 4.30. The van der Waals surface area contributed by atoms with Crippen LogP contribution in [0.25, 0.3) is 16.9 Å². The summed E-state index contributed by atoms with van der Waals surface area (Å²) in [4.78, 5) is 9.16. The van der Waals surface area contributed by atoms with Crippen molar-refractivity contribution < 1.29 is 4.74 Å². The highest BCUT2D eigenvalue weighted by molar-refractivity contribution is 14.1. The van der Waals surface area contributed by atoms with Crippen LogP contribution < -0.4 is 4.74 Å². The number of hydrogen-bond acceptors (Lipinski definition) is 3. The minimum atomic E-state index is 0.519. The second kappa shape index (κ2) is 6.19. The van der Waals surface area contributed by atoms with Crippen molar-refractivity contribution in [2.75, 3.05) is 13.0 Å². The molecule has 0 atom stereocenters. The monoisotopic (exact) mass is 413 g/mol. The molecule has 108 valence electrons. The van der Waals surface area contributed by atoms with Crippen molar-refractivity contribution in [3.63, 3.8) is 0 Å². The van der Waals surface area contributed by atoms with Gasteiger partial charge in [0.15, 0.2) is 5.65 Å². The maximum atomic E-state index is 5.91. The molecule has 0 aliphatic rings. The average Bonchev–Trinajstić information content (AvgIpc) is 2.85. The minimum Gasteiger partial charge on any atom is -0.481 e. The van der Waals surface area contributed by atoms with E-state index in [1.165, 1.54) is 3.57 Å². The summed E-state index contributed by atoms with van der Waals surface area (Å²) in [6.45, 7) is 0. The van der Waals surface area contributed by atoms with Gasteiger partial charge in [0.2, 0.25) is 5.88 Å². The van der Waals surface area contributed by atoms with Gasteiger partial charge >= 0.3 is 0 Å². The van der Waals surface area contributed by atoms with Crippen molar-refractivity contribution in [1.82, 2.24) is 14.5 Å². The number of halogens is 2. The lowest BCUT2D eigenvalue weighted by atomic mass is 10.3. The fourth-order valence-electron chi connectivity index (χ4n) is 2.21. The Bertz CT molecular complexity index is 770. The summed E-state index contributed by atoms with van der Waals surface area (Å²) >= 11 is 8.19. The number of aromatic nitrogens is 3. The van der Waals surface area contributed by atoms with Crippen LogP contribution in [0.15, 0.2) is 36.4 Å². The summed E-state index contributed by atoms with van der Waals surface area (Å²) in [5, 5.41) is 0. The van der Waals surface area contributed by atoms with Crippen LogP contribution in [0.5, 0.6) is 5.88 Å². The average molecular weight is 414 g/mol. The number of alkyl halides is 1. The molecule has 4 nitrogen and oxygen atoms in total. The summed E-state index contributed by atoms with van der Waals surface area (Å²) in [5.41, 5.74) is 2.66. The zero-order chi connectivity index (χ0) is 14.8. The van der Waals surface area contributed by atoms with Crippen LogP contribution in [-0.4, -0.2) is 27.5 Å². The van der Waals surface area contributed by atoms with Gasteiger partial charge in [-0.05, 0) is 52.9 Å². The number of benzene rings is 1. The maximum Gasteiger partial charge on any atom is 0.215 e. The Hall–Kier alpha value is -1.34. The van der Waals surface area contributed by atoms with Gasteiger partial charge in [0, 0.05) is 27.6 Å². The molecule has 0 unspecified atom stereocenters. The summed E-state index contributed by atoms with van der Waals surface area (Å²) in [5.74, 6) is 2.00. The molecule has 0 saturated carbocycles. The van der Waals surface area contributed by atoms with Crippen LogP contribution in [-0.2, 0) is 6.42 Å². The van der Waals surface area contributed by atoms with E-state index in [2.05, 4.69) is 56.8 Å². The molecular weight excluding hydrogens is 401 g/mol. The highest BCUT2D eigenvalue weighted by Crippen LogP contribution is 2.23. The van der Waals surface area contributed by atoms with Gasteiger partial charge in [-0.3, -0.25) is 4.57 Å². The van der Waals surface area contributed by atoms with E-state index in [0.29, 0.717) is 18.2 Å². The molecule has 0 radical (unpaired) electrons. The van der Waals surface area contributed by atoms with E-state index in [-0.39, 0.29) is 0 Å². The molecular formula is C15H13ClIN3O. The van der Waals surface area contributed by atoms with Gasteiger partial charge in [0.05, 0.1) is 7.11 Å². The van der Waals surface area contributed by atoms with Crippen LogP contribution in [0.2, 0.25) is 0 Å². The first-order chi connectivity index (χ1) is 10.2. The molecule has 1 aromatic carbocycles. The van der Waals surface area contributed by atoms with E-state index in [1.807, 2.05) is 16.7 Å². The van der Waals surface area contributed by atoms with Crippen molar-refractivity contribution in [2.24, 2.45) is 0 Å². The van der Waals surface area contributed by atoms with Crippen LogP contribution in [0.1, 0.15) is 5.82 Å². The van der Waals surface area contributed by atoms with E-state index >= 15 is 0 Å². The lowest BCUT2D eigenvalue weighted by Gasteiger charge is -2.08. The van der Waals surface area contributed by atoms with Gasteiger partial charge in [0.1, 0.15) is 11.3 Å². The molecule has 0 fully saturated rings. The normalized spacial score (nSPS) is 11.0. The highest BCUT2D eigenvalue weighted by atomic mass is 127. The van der Waals surface area contributed by atoms with Crippen LogP contribution >= 0.6 is 34.2 Å². The third-order valence-electron chi connectivity index (χ3n) is 3.16. The molecule has 0 bridgehead atoms. The number of rotatable bonds is 4. The number of ether oxygens (including phenoxy) is 1. The van der Waals surface area contributed by atoms with E-state index in [0.717, 1.165) is 22.7 Å². The fraction of sp³-hybridized carbons (Fsp3) is 0.200. The van der Waals surface area contributed by atoms with Gasteiger partial charge in [-0.2, -0.15) is 4.98 Å². The summed E-state index contributed by atoms with van der Waals surface area (Å²) in [7, 11) is 1.61. The van der Waals surface area contributed by atoms with Gasteiger partial charge in [-0.15, -0.1) is 11.6 Å². The molecule has 0 aliphatic heterocycles. The lowest BCUT2D eigenvalue weighted by Crippen LogP contribution is -2.03. The van der Waals surface area contributed by atoms with E-state index in [9.17, 15) is 0 Å². The maximum absolute atomic E-state index is 5.91. The van der Waals surface area contributed by atoms with E-state index in [4.69, 9.17) is 16.3 Å². The van der Waals surface area contributed by atoms with Crippen LogP contribution in [0.3, 0.4) is 0 Å². The molecule has 21 heavy (non-hydrogen) atoms. The second-order valence-electron chi connectivity index (χ2n) is 4.48. The molecule has 3 rings (SSSR count). The first-order valence-electron chi connectivity index (χ1n) is 6.47. The number of fused-ring (bicyclic) bond motifs is 1. The molecule has 6 heteroatoms. The van der Waals surface area contributed by atoms with Crippen molar-refractivity contribution in [2.45, 2.75) is 6.42 Å². The van der Waals surface area contributed by atoms with Gasteiger partial charge < -0.3 is 4.74 Å². The predicted molar refractivity (Wildman–Crippen MR) is 92.6 cm³/mol. The molecule has 0 N–H and O–H groups in total. The molecule has 0 aliphatic carbocycles. The van der Waals surface area contributed by atoms with Crippen LogP contribution in [0, 0.1) is 3.57 Å². The van der Waals surface area contributed by atoms with Crippen molar-refractivity contribution >= 4 is 45.4 Å². The molecule has 2 heterocycles. The Morgan fingerprint density at radius 1 is 1.14 bits per heavy atom. The van der Waals surface area contributed by atoms with Crippen LogP contribution in [0.4, 0.5) is 0 Å². The van der Waals surface area contributed by atoms with Crippen molar-refractivity contribution in [3.8, 4) is 11.6 Å². The molecule has 0 saturated heterocycles. The van der Waals surface area contributed by atoms with E-state index < -0.39 is 0 Å². The van der Waals surface area contributed by atoms with Crippen molar-refractivity contribution in [1.29, 1.82) is 0 Å². The molecule has 0 spiro atoms. The number of aryl methyl sites for hydroxylation is 1. The standard InChI is InChI=1S/C15H13ClIN3O/c1-21-14-7-6-12-15(19-14)20(13(18-12)8-9-16)11-4-2-10(17)3-5-11/h2-7H,8-9H2,1H3. The smallest absolute Gasteiger partial charge is 0.215 e. The van der Waals surface area contributed by atoms with Gasteiger partial charge in [0.25, 0.3) is 0 Å². The number of hydrogen-bond donors (Lipinski definition) is 0. The summed E-state index contributed by atoms with van der Waals surface area (Å²) < 4.78 is 8.45. The summed E-state index contributed by atoms with van der Waals surface area (Å²) in [6, 6.07) is 12.0. The Labute approximate surface area is 141 Å². The molecule has 2 aromatic heterocycles. The number of imidazole rings is 1. The Morgan fingerprint density at radius 2 is 1.90 bits per heavy atom. The number of nitrogens with zero attached hydrogens (tertiary/aromatic N) is 3. The topological polar surface area (TPSA) is 39.9 Å². The fourth-order valence-corrected chi connectivity index (χ4v) is 2.74. The summed E-state index contributed by atoms with van der Waals surface area (Å²) in [6.07, 6.45) is 0.687. The third-order valence-corrected chi connectivity index (χ3v) is 4.07. The quantitative estimate of drug-likeness (QED) is 0.482. The van der Waals surface area contributed by atoms with E-state index in [1.54, 1.807) is 7.11 Å². The Morgan fingerprint density at radius 3 is 2.57 bits per heavy atom. The zero-order valence-corrected chi connectivity index (χ0v) is 14.3. The van der Waals surface area contributed by atoms with Gasteiger partial charge in [-0.25, -0.2) is 4.98 Å². The SMILES string of the molecule is COc1ccc2nc(CCCl)n(-c3ccc(I)cc3)c2n1. The highest BCUT2D eigenvalue weighted by Gasteiger charge is 2.14. The Balaban J connectivity index is 2.25.